The molecule has 0 unspecified atom stereocenters. The van der Waals surface area contributed by atoms with Crippen LogP contribution in [0.2, 0.25) is 0 Å². The monoisotopic (exact) mass is 372 g/mol. The molecule has 0 fully saturated rings. The van der Waals surface area contributed by atoms with Gasteiger partial charge in [0.05, 0.1) is 21.3 Å². The van der Waals surface area contributed by atoms with Crippen LogP contribution in [0.1, 0.15) is 15.9 Å². The van der Waals surface area contributed by atoms with Gasteiger partial charge in [-0.25, -0.2) is 0 Å². The number of rotatable bonds is 4. The molecule has 1 aliphatic rings. The highest BCUT2D eigenvalue weighted by Gasteiger charge is 2.24. The molecule has 0 saturated heterocycles. The van der Waals surface area contributed by atoms with Gasteiger partial charge in [-0.15, -0.1) is 0 Å². The molecule has 0 saturated carbocycles. The van der Waals surface area contributed by atoms with Gasteiger partial charge < -0.3 is 19.1 Å². The zero-order valence-corrected chi connectivity index (χ0v) is 15.7. The molecule has 0 aromatic heterocycles. The number of anilines is 1. The van der Waals surface area contributed by atoms with Crippen molar-refractivity contribution in [3.05, 3.63) is 47.5 Å². The number of hydrogen-bond donors (Lipinski definition) is 1. The van der Waals surface area contributed by atoms with E-state index >= 15 is 0 Å². The summed E-state index contributed by atoms with van der Waals surface area (Å²) in [6.45, 7) is 0.744. The lowest BCUT2D eigenvalue weighted by Gasteiger charge is -2.21. The van der Waals surface area contributed by atoms with Crippen molar-refractivity contribution < 1.29 is 19.0 Å². The first kappa shape index (κ1) is 18.0. The maximum absolute atomic E-state index is 12.7. The van der Waals surface area contributed by atoms with Crippen LogP contribution in [-0.4, -0.2) is 38.9 Å². The van der Waals surface area contributed by atoms with Crippen LogP contribution < -0.4 is 24.4 Å². The van der Waals surface area contributed by atoms with E-state index in [-0.39, 0.29) is 5.91 Å². The Kier molecular flexibility index (Phi) is 5.27. The maximum atomic E-state index is 12.7. The number of hydrogen-bond acceptors (Lipinski definition) is 5. The van der Waals surface area contributed by atoms with Crippen molar-refractivity contribution in [2.45, 2.75) is 6.42 Å². The largest absolute Gasteiger partial charge is 0.493 e. The van der Waals surface area contributed by atoms with Crippen molar-refractivity contribution in [3.8, 4) is 17.2 Å². The number of carbonyl (C=O) groups is 1. The minimum Gasteiger partial charge on any atom is -0.493 e. The van der Waals surface area contributed by atoms with Crippen molar-refractivity contribution >= 4 is 28.9 Å². The minimum absolute atomic E-state index is 0.335. The van der Waals surface area contributed by atoms with Gasteiger partial charge in [-0.05, 0) is 42.4 Å². The van der Waals surface area contributed by atoms with Crippen molar-refractivity contribution in [2.75, 3.05) is 32.8 Å². The maximum Gasteiger partial charge on any atom is 0.257 e. The third kappa shape index (κ3) is 3.30. The SMILES string of the molecule is COc1cc(C(=O)NC(=S)N2CCc3ccccc32)cc(OC)c1OC. The highest BCUT2D eigenvalue weighted by Crippen LogP contribution is 2.38. The average Bonchev–Trinajstić information content (AvgIpc) is 3.10. The van der Waals surface area contributed by atoms with Crippen molar-refractivity contribution in [2.24, 2.45) is 0 Å². The van der Waals surface area contributed by atoms with Crippen LogP contribution in [0.15, 0.2) is 36.4 Å². The summed E-state index contributed by atoms with van der Waals surface area (Å²) in [5.41, 5.74) is 2.62. The fraction of sp³-hybridized carbons (Fsp3) is 0.263. The molecule has 136 valence electrons. The number of thiocarbonyl (C=S) groups is 1. The average molecular weight is 372 g/mol. The topological polar surface area (TPSA) is 60.0 Å². The molecule has 0 bridgehead atoms. The molecule has 0 spiro atoms. The first-order valence-electron chi connectivity index (χ1n) is 8.09. The summed E-state index contributed by atoms with van der Waals surface area (Å²) in [4.78, 5) is 14.6. The van der Waals surface area contributed by atoms with Gasteiger partial charge >= 0.3 is 0 Å². The normalized spacial score (nSPS) is 12.3. The Morgan fingerprint density at radius 3 is 2.35 bits per heavy atom. The molecule has 26 heavy (non-hydrogen) atoms. The standard InChI is InChI=1S/C19H20N2O4S/c1-23-15-10-13(11-16(24-2)17(15)25-3)18(22)20-19(26)21-9-8-12-6-4-5-7-14(12)21/h4-7,10-11H,8-9H2,1-3H3,(H,20,22,26). The molecule has 0 aliphatic carbocycles. The van der Waals surface area contributed by atoms with E-state index in [1.54, 1.807) is 12.1 Å². The van der Waals surface area contributed by atoms with Gasteiger partial charge in [0.2, 0.25) is 5.75 Å². The Labute approximate surface area is 157 Å². The summed E-state index contributed by atoms with van der Waals surface area (Å²) in [5, 5.41) is 3.15. The lowest BCUT2D eigenvalue weighted by Crippen LogP contribution is -2.42. The van der Waals surface area contributed by atoms with Crippen LogP contribution in [0, 0.1) is 0 Å². The first-order chi connectivity index (χ1) is 12.6. The number of carbonyl (C=O) groups excluding carboxylic acids is 1. The molecule has 3 rings (SSSR count). The van der Waals surface area contributed by atoms with Gasteiger partial charge in [-0.2, -0.15) is 0 Å². The summed E-state index contributed by atoms with van der Waals surface area (Å²) >= 11 is 5.44. The van der Waals surface area contributed by atoms with Crippen LogP contribution in [-0.2, 0) is 6.42 Å². The molecule has 0 radical (unpaired) electrons. The van der Waals surface area contributed by atoms with Crippen LogP contribution in [0.4, 0.5) is 5.69 Å². The lowest BCUT2D eigenvalue weighted by atomic mass is 10.1. The number of methoxy groups -OCH3 is 3. The number of nitrogens with zero attached hydrogens (tertiary/aromatic N) is 1. The number of ether oxygens (including phenoxy) is 3. The summed E-state index contributed by atoms with van der Waals surface area (Å²) in [5.74, 6) is 0.921. The van der Waals surface area contributed by atoms with E-state index in [9.17, 15) is 4.79 Å². The van der Waals surface area contributed by atoms with Gasteiger partial charge in [0.15, 0.2) is 16.6 Å². The number of nitrogens with one attached hydrogen (secondary N) is 1. The number of fused-ring (bicyclic) bond motifs is 1. The zero-order valence-electron chi connectivity index (χ0n) is 14.9. The summed E-state index contributed by atoms with van der Waals surface area (Å²) < 4.78 is 15.9. The smallest absolute Gasteiger partial charge is 0.257 e. The quantitative estimate of drug-likeness (QED) is 0.833. The predicted octanol–water partition coefficient (Wildman–Crippen LogP) is 2.79. The molecule has 1 aliphatic heterocycles. The van der Waals surface area contributed by atoms with E-state index in [1.165, 1.54) is 26.9 Å². The Morgan fingerprint density at radius 1 is 1.08 bits per heavy atom. The summed E-state index contributed by atoms with van der Waals surface area (Å²) in [6, 6.07) is 11.2. The fourth-order valence-electron chi connectivity index (χ4n) is 3.00. The highest BCUT2D eigenvalue weighted by atomic mass is 32.1. The molecular formula is C19H20N2O4S. The first-order valence-corrected chi connectivity index (χ1v) is 8.50. The molecule has 0 atom stereocenters. The van der Waals surface area contributed by atoms with Crippen molar-refractivity contribution in [1.82, 2.24) is 5.32 Å². The fourth-order valence-corrected chi connectivity index (χ4v) is 3.28. The van der Waals surface area contributed by atoms with E-state index in [2.05, 4.69) is 11.4 Å². The van der Waals surface area contributed by atoms with E-state index in [4.69, 9.17) is 26.4 Å². The molecule has 2 aromatic rings. The van der Waals surface area contributed by atoms with Crippen LogP contribution in [0.5, 0.6) is 17.2 Å². The summed E-state index contributed by atoms with van der Waals surface area (Å²) in [7, 11) is 4.52. The Bertz CT molecular complexity index is 828. The van der Waals surface area contributed by atoms with E-state index in [0.717, 1.165) is 18.7 Å². The Morgan fingerprint density at radius 2 is 1.73 bits per heavy atom. The third-order valence-corrected chi connectivity index (χ3v) is 4.60. The molecular weight excluding hydrogens is 352 g/mol. The van der Waals surface area contributed by atoms with Gasteiger partial charge in [0.1, 0.15) is 0 Å². The number of amides is 1. The highest BCUT2D eigenvalue weighted by molar-refractivity contribution is 7.80. The minimum atomic E-state index is -0.335. The van der Waals surface area contributed by atoms with Gasteiger partial charge in [-0.3, -0.25) is 10.1 Å². The van der Waals surface area contributed by atoms with E-state index in [0.29, 0.717) is 27.9 Å². The molecule has 2 aromatic carbocycles. The summed E-state index contributed by atoms with van der Waals surface area (Å²) in [6.07, 6.45) is 0.899. The zero-order chi connectivity index (χ0) is 18.7. The van der Waals surface area contributed by atoms with Gasteiger partial charge in [-0.1, -0.05) is 18.2 Å². The van der Waals surface area contributed by atoms with Gasteiger partial charge in [0.25, 0.3) is 5.91 Å². The van der Waals surface area contributed by atoms with Crippen molar-refractivity contribution in [3.63, 3.8) is 0 Å². The van der Waals surface area contributed by atoms with E-state index < -0.39 is 0 Å². The molecule has 1 amide bonds. The van der Waals surface area contributed by atoms with E-state index in [1.807, 2.05) is 23.1 Å². The second-order valence-electron chi connectivity index (χ2n) is 5.70. The van der Waals surface area contributed by atoms with Crippen LogP contribution >= 0.6 is 12.2 Å². The number of para-hydroxylation sites is 1. The predicted molar refractivity (Wildman–Crippen MR) is 104 cm³/mol. The third-order valence-electron chi connectivity index (χ3n) is 4.28. The molecule has 1 N–H and O–H groups in total. The lowest BCUT2D eigenvalue weighted by molar-refractivity contribution is 0.0976. The Hall–Kier alpha value is -2.80. The number of benzene rings is 2. The second kappa shape index (κ2) is 7.61. The second-order valence-corrected chi connectivity index (χ2v) is 6.09. The molecule has 6 nitrogen and oxygen atoms in total. The van der Waals surface area contributed by atoms with Crippen LogP contribution in [0.25, 0.3) is 0 Å². The Balaban J connectivity index is 1.81. The van der Waals surface area contributed by atoms with Crippen molar-refractivity contribution in [1.29, 1.82) is 0 Å². The van der Waals surface area contributed by atoms with Crippen LogP contribution in [0.3, 0.4) is 0 Å². The van der Waals surface area contributed by atoms with Gasteiger partial charge in [0, 0.05) is 17.8 Å². The molecule has 1 heterocycles. The molecule has 7 heteroatoms.